The maximum Gasteiger partial charge on any atom is 0.322 e. The second-order valence-electron chi connectivity index (χ2n) is 2.11. The Hall–Kier alpha value is -1.83. The SMILES string of the molecule is C#CCc1nc(OC)nc(OC)n1. The lowest BCUT2D eigenvalue weighted by Gasteiger charge is -2.02. The van der Waals surface area contributed by atoms with Crippen molar-refractivity contribution in [3.63, 3.8) is 0 Å². The predicted octanol–water partition coefficient (Wildman–Crippen LogP) is 0.0645. The fraction of sp³-hybridized carbons (Fsp3) is 0.375. The van der Waals surface area contributed by atoms with Crippen LogP contribution in [0.3, 0.4) is 0 Å². The van der Waals surface area contributed by atoms with E-state index in [9.17, 15) is 0 Å². The molecule has 13 heavy (non-hydrogen) atoms. The molecule has 1 aromatic rings. The summed E-state index contributed by atoms with van der Waals surface area (Å²) in [6.45, 7) is 0. The molecular weight excluding hydrogens is 170 g/mol. The van der Waals surface area contributed by atoms with Gasteiger partial charge in [0.1, 0.15) is 0 Å². The van der Waals surface area contributed by atoms with Crippen LogP contribution in [0.5, 0.6) is 12.0 Å². The smallest absolute Gasteiger partial charge is 0.322 e. The Morgan fingerprint density at radius 3 is 2.08 bits per heavy atom. The molecule has 0 fully saturated rings. The van der Waals surface area contributed by atoms with E-state index >= 15 is 0 Å². The summed E-state index contributed by atoms with van der Waals surface area (Å²) >= 11 is 0. The number of methoxy groups -OCH3 is 2. The Morgan fingerprint density at radius 1 is 1.15 bits per heavy atom. The van der Waals surface area contributed by atoms with Crippen LogP contribution in [-0.2, 0) is 6.42 Å². The molecule has 1 rings (SSSR count). The average molecular weight is 179 g/mol. The Morgan fingerprint density at radius 2 is 1.69 bits per heavy atom. The molecule has 0 saturated heterocycles. The van der Waals surface area contributed by atoms with Crippen molar-refractivity contribution in [2.45, 2.75) is 6.42 Å². The van der Waals surface area contributed by atoms with Crippen LogP contribution in [0.2, 0.25) is 0 Å². The first-order chi connectivity index (χ1) is 6.30. The topological polar surface area (TPSA) is 57.1 Å². The van der Waals surface area contributed by atoms with Gasteiger partial charge in [-0.05, 0) is 0 Å². The third-order valence-electron chi connectivity index (χ3n) is 1.27. The van der Waals surface area contributed by atoms with Crippen LogP contribution in [0.1, 0.15) is 5.82 Å². The van der Waals surface area contributed by atoms with Crippen molar-refractivity contribution in [3.8, 4) is 24.4 Å². The quantitative estimate of drug-likeness (QED) is 0.614. The van der Waals surface area contributed by atoms with Crippen molar-refractivity contribution in [1.82, 2.24) is 15.0 Å². The molecule has 0 N–H and O–H groups in total. The van der Waals surface area contributed by atoms with Crippen molar-refractivity contribution in [1.29, 1.82) is 0 Å². The Labute approximate surface area is 76.1 Å². The second kappa shape index (κ2) is 4.26. The molecule has 1 aromatic heterocycles. The molecule has 0 radical (unpaired) electrons. The number of terminal acetylenes is 1. The number of hydrogen-bond donors (Lipinski definition) is 0. The molecular formula is C8H9N3O2. The van der Waals surface area contributed by atoms with E-state index in [0.717, 1.165) is 0 Å². The van der Waals surface area contributed by atoms with Crippen LogP contribution >= 0.6 is 0 Å². The highest BCUT2D eigenvalue weighted by Crippen LogP contribution is 2.08. The van der Waals surface area contributed by atoms with Gasteiger partial charge in [-0.2, -0.15) is 9.97 Å². The lowest BCUT2D eigenvalue weighted by molar-refractivity contribution is 0.337. The minimum Gasteiger partial charge on any atom is -0.467 e. The third-order valence-corrected chi connectivity index (χ3v) is 1.27. The largest absolute Gasteiger partial charge is 0.467 e. The summed E-state index contributed by atoms with van der Waals surface area (Å²) in [6, 6.07) is 0.411. The van der Waals surface area contributed by atoms with Gasteiger partial charge in [-0.25, -0.2) is 0 Å². The van der Waals surface area contributed by atoms with E-state index in [0.29, 0.717) is 12.2 Å². The molecule has 5 heteroatoms. The van der Waals surface area contributed by atoms with E-state index in [1.807, 2.05) is 0 Å². The van der Waals surface area contributed by atoms with Crippen molar-refractivity contribution in [2.75, 3.05) is 14.2 Å². The summed E-state index contributed by atoms with van der Waals surface area (Å²) in [4.78, 5) is 11.7. The lowest BCUT2D eigenvalue weighted by atomic mass is 10.4. The van der Waals surface area contributed by atoms with Crippen molar-refractivity contribution in [2.24, 2.45) is 0 Å². The Bertz CT molecular complexity index is 310. The average Bonchev–Trinajstić information content (AvgIpc) is 2.17. The molecule has 0 atom stereocenters. The van der Waals surface area contributed by atoms with Gasteiger partial charge in [-0.1, -0.05) is 5.92 Å². The summed E-state index contributed by atoms with van der Waals surface area (Å²) < 4.78 is 9.67. The van der Waals surface area contributed by atoms with Gasteiger partial charge in [0.25, 0.3) is 0 Å². The first kappa shape index (κ1) is 9.26. The van der Waals surface area contributed by atoms with E-state index in [-0.39, 0.29) is 12.0 Å². The number of ether oxygens (including phenoxy) is 2. The van der Waals surface area contributed by atoms with Crippen LogP contribution in [-0.4, -0.2) is 29.2 Å². The molecule has 0 aliphatic heterocycles. The fourth-order valence-corrected chi connectivity index (χ4v) is 0.731. The molecule has 0 unspecified atom stereocenters. The van der Waals surface area contributed by atoms with Crippen molar-refractivity contribution >= 4 is 0 Å². The second-order valence-corrected chi connectivity index (χ2v) is 2.11. The van der Waals surface area contributed by atoms with Gasteiger partial charge < -0.3 is 9.47 Å². The third kappa shape index (κ3) is 2.30. The molecule has 68 valence electrons. The monoisotopic (exact) mass is 179 g/mol. The first-order valence-electron chi connectivity index (χ1n) is 3.56. The van der Waals surface area contributed by atoms with E-state index in [1.165, 1.54) is 14.2 Å². The molecule has 0 spiro atoms. The predicted molar refractivity (Wildman–Crippen MR) is 45.5 cm³/mol. The molecule has 0 bridgehead atoms. The fourth-order valence-electron chi connectivity index (χ4n) is 0.731. The van der Waals surface area contributed by atoms with Crippen LogP contribution < -0.4 is 9.47 Å². The maximum atomic E-state index is 5.11. The Balaban J connectivity index is 3.01. The highest BCUT2D eigenvalue weighted by Gasteiger charge is 2.04. The summed E-state index contributed by atoms with van der Waals surface area (Å²) in [6.07, 6.45) is 5.44. The van der Waals surface area contributed by atoms with E-state index in [1.54, 1.807) is 0 Å². The zero-order valence-corrected chi connectivity index (χ0v) is 7.44. The summed E-state index contributed by atoms with van der Waals surface area (Å²) in [5, 5.41) is 0. The van der Waals surface area contributed by atoms with Crippen LogP contribution in [0.25, 0.3) is 0 Å². The van der Waals surface area contributed by atoms with Gasteiger partial charge in [-0.15, -0.1) is 11.4 Å². The van der Waals surface area contributed by atoms with E-state index < -0.39 is 0 Å². The van der Waals surface area contributed by atoms with Gasteiger partial charge >= 0.3 is 12.0 Å². The van der Waals surface area contributed by atoms with Crippen LogP contribution in [0.4, 0.5) is 0 Å². The maximum absolute atomic E-state index is 5.11. The zero-order valence-electron chi connectivity index (χ0n) is 7.44. The van der Waals surface area contributed by atoms with Crippen LogP contribution in [0, 0.1) is 12.3 Å². The van der Waals surface area contributed by atoms with Gasteiger partial charge in [0.15, 0.2) is 5.82 Å². The summed E-state index contributed by atoms with van der Waals surface area (Å²) in [5.41, 5.74) is 0. The number of nitrogens with zero attached hydrogens (tertiary/aromatic N) is 3. The minimum atomic E-state index is 0.206. The van der Waals surface area contributed by atoms with Crippen LogP contribution in [0.15, 0.2) is 0 Å². The molecule has 0 aliphatic rings. The molecule has 0 aliphatic carbocycles. The van der Waals surface area contributed by atoms with E-state index in [2.05, 4.69) is 20.9 Å². The first-order valence-corrected chi connectivity index (χ1v) is 3.56. The molecule has 5 nitrogen and oxygen atoms in total. The normalized spacial score (nSPS) is 9.00. The molecule has 0 amide bonds. The Kier molecular flexibility index (Phi) is 3.03. The number of aromatic nitrogens is 3. The molecule has 1 heterocycles. The van der Waals surface area contributed by atoms with Crippen molar-refractivity contribution < 1.29 is 9.47 Å². The van der Waals surface area contributed by atoms with Gasteiger partial charge in [0.05, 0.1) is 20.6 Å². The van der Waals surface area contributed by atoms with Crippen molar-refractivity contribution in [3.05, 3.63) is 5.82 Å². The number of rotatable bonds is 3. The lowest BCUT2D eigenvalue weighted by Crippen LogP contribution is -2.02. The summed E-state index contributed by atoms with van der Waals surface area (Å²) in [5.74, 6) is 2.89. The highest BCUT2D eigenvalue weighted by molar-refractivity contribution is 5.09. The standard InChI is InChI=1S/C8H9N3O2/c1-4-5-6-9-7(12-2)11-8(10-6)13-3/h1H,5H2,2-3H3. The molecule has 0 saturated carbocycles. The van der Waals surface area contributed by atoms with E-state index in [4.69, 9.17) is 15.9 Å². The van der Waals surface area contributed by atoms with Gasteiger partial charge in [-0.3, -0.25) is 0 Å². The van der Waals surface area contributed by atoms with Gasteiger partial charge in [0, 0.05) is 0 Å². The minimum absolute atomic E-state index is 0.206. The van der Waals surface area contributed by atoms with Gasteiger partial charge in [0.2, 0.25) is 0 Å². The number of hydrogen-bond acceptors (Lipinski definition) is 5. The highest BCUT2D eigenvalue weighted by atomic mass is 16.5. The summed E-state index contributed by atoms with van der Waals surface area (Å²) in [7, 11) is 2.93. The molecule has 0 aromatic carbocycles. The zero-order chi connectivity index (χ0) is 9.68.